The van der Waals surface area contributed by atoms with Gasteiger partial charge in [-0.15, -0.1) is 0 Å². The molecule has 20 heavy (non-hydrogen) atoms. The average Bonchev–Trinajstić information content (AvgIpc) is 2.72. The van der Waals surface area contributed by atoms with Gasteiger partial charge in [0, 0.05) is 11.6 Å². The lowest BCUT2D eigenvalue weighted by Crippen LogP contribution is -2.11. The zero-order valence-electron chi connectivity index (χ0n) is 9.33. The number of nitrogens with zero attached hydrogens (tertiary/aromatic N) is 1. The summed E-state index contributed by atoms with van der Waals surface area (Å²) in [4.78, 5) is 10.9. The van der Waals surface area contributed by atoms with E-state index in [2.05, 4.69) is 9.68 Å². The number of halogens is 5. The molecule has 0 spiro atoms. The summed E-state index contributed by atoms with van der Waals surface area (Å²) in [6.45, 7) is 0. The molecule has 0 aliphatic carbocycles. The Kier molecular flexibility index (Phi) is 3.20. The van der Waals surface area contributed by atoms with Crippen molar-refractivity contribution in [3.63, 3.8) is 0 Å². The Morgan fingerprint density at radius 2 is 1.90 bits per heavy atom. The summed E-state index contributed by atoms with van der Waals surface area (Å²) in [6.07, 6.45) is -5.10. The summed E-state index contributed by atoms with van der Waals surface area (Å²) in [5.74, 6) is -6.07. The molecule has 0 atom stereocenters. The molecule has 106 valence electrons. The molecule has 0 radical (unpaired) electrons. The van der Waals surface area contributed by atoms with Gasteiger partial charge in [-0.2, -0.15) is 13.2 Å². The van der Waals surface area contributed by atoms with E-state index in [4.69, 9.17) is 5.11 Å². The first kappa shape index (κ1) is 14.0. The van der Waals surface area contributed by atoms with E-state index in [9.17, 15) is 26.7 Å². The van der Waals surface area contributed by atoms with Gasteiger partial charge in [0.15, 0.2) is 0 Å². The van der Waals surface area contributed by atoms with Crippen LogP contribution in [0.3, 0.4) is 0 Å². The number of aromatic carboxylic acids is 1. The minimum absolute atomic E-state index is 0.392. The van der Waals surface area contributed by atoms with E-state index >= 15 is 0 Å². The van der Waals surface area contributed by atoms with Crippen LogP contribution in [-0.4, -0.2) is 16.2 Å². The highest BCUT2D eigenvalue weighted by Gasteiger charge is 2.43. The summed E-state index contributed by atoms with van der Waals surface area (Å²) in [7, 11) is 0. The van der Waals surface area contributed by atoms with E-state index < -0.39 is 46.4 Å². The van der Waals surface area contributed by atoms with Gasteiger partial charge in [-0.05, 0) is 12.1 Å². The van der Waals surface area contributed by atoms with Crippen LogP contribution in [0.4, 0.5) is 22.0 Å². The quantitative estimate of drug-likeness (QED) is 0.863. The number of hydrogen-bond donors (Lipinski definition) is 1. The van der Waals surface area contributed by atoms with Crippen LogP contribution in [0.2, 0.25) is 0 Å². The fourth-order valence-electron chi connectivity index (χ4n) is 1.55. The van der Waals surface area contributed by atoms with Crippen molar-refractivity contribution in [2.75, 3.05) is 0 Å². The third-order valence-electron chi connectivity index (χ3n) is 2.35. The van der Waals surface area contributed by atoms with Crippen molar-refractivity contribution in [3.05, 3.63) is 41.2 Å². The molecule has 0 saturated carbocycles. The Bertz CT molecular complexity index is 677. The number of rotatable bonds is 2. The van der Waals surface area contributed by atoms with Gasteiger partial charge in [0.25, 0.3) is 5.76 Å². The lowest BCUT2D eigenvalue weighted by atomic mass is 10.1. The third kappa shape index (κ3) is 2.33. The first-order chi connectivity index (χ1) is 9.21. The molecule has 2 rings (SSSR count). The highest BCUT2D eigenvalue weighted by molar-refractivity contribution is 5.96. The molecule has 2 aromatic rings. The topological polar surface area (TPSA) is 63.3 Å². The fraction of sp³-hybridized carbons (Fsp3) is 0.0909. The van der Waals surface area contributed by atoms with Crippen LogP contribution >= 0.6 is 0 Å². The third-order valence-corrected chi connectivity index (χ3v) is 2.35. The van der Waals surface area contributed by atoms with Crippen molar-refractivity contribution >= 4 is 5.97 Å². The number of alkyl halides is 3. The highest BCUT2D eigenvalue weighted by Crippen LogP contribution is 2.37. The van der Waals surface area contributed by atoms with E-state index in [-0.39, 0.29) is 0 Å². The lowest BCUT2D eigenvalue weighted by molar-refractivity contribution is -0.156. The molecule has 0 fully saturated rings. The second kappa shape index (κ2) is 4.58. The Labute approximate surface area is 107 Å². The van der Waals surface area contributed by atoms with Gasteiger partial charge >= 0.3 is 12.1 Å². The Morgan fingerprint density at radius 3 is 2.40 bits per heavy atom. The molecule has 0 saturated heterocycles. The van der Waals surface area contributed by atoms with Crippen LogP contribution < -0.4 is 0 Å². The molecule has 0 amide bonds. The summed E-state index contributed by atoms with van der Waals surface area (Å²) >= 11 is 0. The summed E-state index contributed by atoms with van der Waals surface area (Å²) in [6, 6.07) is 1.92. The van der Waals surface area contributed by atoms with E-state index in [1.807, 2.05) is 0 Å². The minimum Gasteiger partial charge on any atom is -0.477 e. The number of carboxylic acids is 1. The number of aromatic nitrogens is 1. The Hall–Kier alpha value is -2.45. The first-order valence-corrected chi connectivity index (χ1v) is 4.97. The van der Waals surface area contributed by atoms with Crippen LogP contribution in [0.5, 0.6) is 0 Å². The van der Waals surface area contributed by atoms with Crippen molar-refractivity contribution < 1.29 is 36.4 Å². The van der Waals surface area contributed by atoms with Crippen LogP contribution in [0, 0.1) is 11.6 Å². The molecule has 0 aliphatic heterocycles. The normalized spacial score (nSPS) is 11.7. The second-order valence-corrected chi connectivity index (χ2v) is 3.66. The summed E-state index contributed by atoms with van der Waals surface area (Å²) < 4.78 is 67.8. The Morgan fingerprint density at radius 1 is 1.25 bits per heavy atom. The molecular weight excluding hydrogens is 289 g/mol. The van der Waals surface area contributed by atoms with E-state index in [0.29, 0.717) is 6.07 Å². The number of hydrogen-bond acceptors (Lipinski definition) is 3. The molecule has 4 nitrogen and oxygen atoms in total. The second-order valence-electron chi connectivity index (χ2n) is 3.66. The summed E-state index contributed by atoms with van der Waals surface area (Å²) in [5, 5.41) is 11.7. The molecule has 1 heterocycles. The Balaban J connectivity index is 2.69. The molecule has 0 bridgehead atoms. The molecule has 1 N–H and O–H groups in total. The van der Waals surface area contributed by atoms with Crippen molar-refractivity contribution in [2.24, 2.45) is 0 Å². The molecule has 1 aromatic carbocycles. The smallest absolute Gasteiger partial charge is 0.453 e. The number of carbonyl (C=O) groups is 1. The minimum atomic E-state index is -5.10. The number of carboxylic acid groups (broad SMARTS) is 1. The molecule has 0 aliphatic rings. The standard InChI is InChI=1S/C11H4F5NO3/c12-4-1-2-5(6(13)3-4)8-7(10(18)19)9(20-17-8)11(14,15)16/h1-3H,(H,18,19). The van der Waals surface area contributed by atoms with Gasteiger partial charge in [-0.1, -0.05) is 5.16 Å². The lowest BCUT2D eigenvalue weighted by Gasteiger charge is -2.03. The maximum atomic E-state index is 13.5. The van der Waals surface area contributed by atoms with Crippen molar-refractivity contribution in [1.82, 2.24) is 5.16 Å². The van der Waals surface area contributed by atoms with E-state index in [1.165, 1.54) is 0 Å². The average molecular weight is 293 g/mol. The summed E-state index contributed by atoms with van der Waals surface area (Å²) in [5.41, 5.74) is -2.80. The van der Waals surface area contributed by atoms with Gasteiger partial charge in [0.05, 0.1) is 0 Å². The molecule has 1 aromatic heterocycles. The molecule has 9 heteroatoms. The van der Waals surface area contributed by atoms with E-state index in [1.54, 1.807) is 0 Å². The maximum absolute atomic E-state index is 13.5. The number of benzene rings is 1. The first-order valence-electron chi connectivity index (χ1n) is 4.97. The van der Waals surface area contributed by atoms with Gasteiger partial charge in [-0.25, -0.2) is 13.6 Å². The van der Waals surface area contributed by atoms with Crippen LogP contribution in [0.1, 0.15) is 16.1 Å². The SMILES string of the molecule is O=C(O)c1c(-c2ccc(F)cc2F)noc1C(F)(F)F. The largest absolute Gasteiger partial charge is 0.477 e. The van der Waals surface area contributed by atoms with Gasteiger partial charge in [0.2, 0.25) is 0 Å². The fourth-order valence-corrected chi connectivity index (χ4v) is 1.55. The van der Waals surface area contributed by atoms with E-state index in [0.717, 1.165) is 12.1 Å². The highest BCUT2D eigenvalue weighted by atomic mass is 19.4. The van der Waals surface area contributed by atoms with Gasteiger partial charge in [0.1, 0.15) is 22.9 Å². The maximum Gasteiger partial charge on any atom is 0.453 e. The monoisotopic (exact) mass is 293 g/mol. The zero-order valence-corrected chi connectivity index (χ0v) is 9.33. The van der Waals surface area contributed by atoms with Crippen molar-refractivity contribution in [1.29, 1.82) is 0 Å². The van der Waals surface area contributed by atoms with Crippen LogP contribution in [-0.2, 0) is 6.18 Å². The van der Waals surface area contributed by atoms with Crippen molar-refractivity contribution in [2.45, 2.75) is 6.18 Å². The zero-order chi connectivity index (χ0) is 15.1. The molecule has 0 unspecified atom stereocenters. The van der Waals surface area contributed by atoms with Crippen molar-refractivity contribution in [3.8, 4) is 11.3 Å². The predicted octanol–water partition coefficient (Wildman–Crippen LogP) is 3.34. The predicted molar refractivity (Wildman–Crippen MR) is 53.8 cm³/mol. The van der Waals surface area contributed by atoms with Crippen LogP contribution in [0.15, 0.2) is 22.7 Å². The van der Waals surface area contributed by atoms with Gasteiger partial charge < -0.3 is 9.63 Å². The van der Waals surface area contributed by atoms with Gasteiger partial charge in [-0.3, -0.25) is 0 Å². The van der Waals surface area contributed by atoms with Crippen LogP contribution in [0.25, 0.3) is 11.3 Å². The molecular formula is C11H4F5NO3.